The highest BCUT2D eigenvalue weighted by atomic mass is 16.4. The second-order valence-electron chi connectivity index (χ2n) is 13.9. The summed E-state index contributed by atoms with van der Waals surface area (Å²) in [6, 6.07) is 20.6. The molecule has 4 heteroatoms. The van der Waals surface area contributed by atoms with Crippen LogP contribution >= 0.6 is 0 Å². The van der Waals surface area contributed by atoms with Gasteiger partial charge in [0.2, 0.25) is 0 Å². The molecule has 0 spiro atoms. The third-order valence-electron chi connectivity index (χ3n) is 11.0. The summed E-state index contributed by atoms with van der Waals surface area (Å²) in [5.41, 5.74) is -0.258. The molecule has 0 saturated heterocycles. The van der Waals surface area contributed by atoms with Gasteiger partial charge < -0.3 is 10.2 Å². The summed E-state index contributed by atoms with van der Waals surface area (Å²) in [6.45, 7) is 13.1. The molecule has 0 radical (unpaired) electrons. The maximum Gasteiger partial charge on any atom is 0.321 e. The largest absolute Gasteiger partial charge is 0.480 e. The van der Waals surface area contributed by atoms with Gasteiger partial charge in [0.1, 0.15) is 0 Å². The van der Waals surface area contributed by atoms with Gasteiger partial charge in [-0.25, -0.2) is 0 Å². The van der Waals surface area contributed by atoms with Gasteiger partial charge in [-0.1, -0.05) is 115 Å². The number of carboxylic acids is 2. The average molecular weight is 533 g/mol. The molecule has 0 bridgehead atoms. The fourth-order valence-electron chi connectivity index (χ4n) is 8.66. The molecule has 2 fully saturated rings. The van der Waals surface area contributed by atoms with Crippen molar-refractivity contribution >= 4 is 11.9 Å². The highest BCUT2D eigenvalue weighted by molar-refractivity contribution is 5.99. The van der Waals surface area contributed by atoms with E-state index in [2.05, 4.69) is 65.8 Å². The van der Waals surface area contributed by atoms with Gasteiger partial charge in [-0.2, -0.15) is 0 Å². The number of carbonyl (C=O) groups is 2. The number of carboxylic acid groups (broad SMARTS) is 2. The number of hydrogen-bond donors (Lipinski definition) is 2. The van der Waals surface area contributed by atoms with Crippen LogP contribution < -0.4 is 0 Å². The lowest BCUT2D eigenvalue weighted by molar-refractivity contribution is -0.188. The van der Waals surface area contributed by atoms with Crippen LogP contribution in [-0.4, -0.2) is 22.2 Å². The first kappa shape index (κ1) is 29.4. The van der Waals surface area contributed by atoms with Gasteiger partial charge in [0.05, 0.1) is 0 Å². The monoisotopic (exact) mass is 532 g/mol. The number of benzene rings is 2. The van der Waals surface area contributed by atoms with E-state index < -0.39 is 29.2 Å². The molecule has 0 amide bonds. The third kappa shape index (κ3) is 5.16. The zero-order chi connectivity index (χ0) is 28.6. The highest BCUT2D eigenvalue weighted by Crippen LogP contribution is 2.60. The molecule has 0 aromatic heterocycles. The van der Waals surface area contributed by atoms with Gasteiger partial charge in [-0.3, -0.25) is 9.59 Å². The smallest absolute Gasteiger partial charge is 0.321 e. The fraction of sp³-hybridized carbons (Fsp3) is 0.600. The molecule has 4 nitrogen and oxygen atoms in total. The summed E-state index contributed by atoms with van der Waals surface area (Å²) in [6.07, 6.45) is 4.92. The average Bonchev–Trinajstić information content (AvgIpc) is 2.89. The van der Waals surface area contributed by atoms with Crippen LogP contribution in [0.1, 0.15) is 91.2 Å². The van der Waals surface area contributed by atoms with E-state index in [0.717, 1.165) is 36.8 Å². The maximum atomic E-state index is 13.7. The maximum absolute atomic E-state index is 13.7. The molecule has 2 aromatic rings. The van der Waals surface area contributed by atoms with E-state index in [1.165, 1.54) is 0 Å². The lowest BCUT2D eigenvalue weighted by Crippen LogP contribution is -2.61. The van der Waals surface area contributed by atoms with Crippen LogP contribution in [0.5, 0.6) is 0 Å². The molecule has 4 rings (SSSR count). The second kappa shape index (κ2) is 11.1. The summed E-state index contributed by atoms with van der Waals surface area (Å²) in [5, 5.41) is 22.4. The lowest BCUT2D eigenvalue weighted by Gasteiger charge is -2.56. The van der Waals surface area contributed by atoms with E-state index in [1.807, 2.05) is 36.4 Å². The topological polar surface area (TPSA) is 74.6 Å². The standard InChI is InChI=1S/C35H48O4/c1-23-17-19-27(33(3,4)25-13-9-7-10-14-25)29(21-23)35(31(36)37,32(38)39)30-22-24(2)18-20-28(30)34(5,6)26-15-11-8-12-16-26/h7-16,23-24,27-30H,17-22H2,1-6H3,(H,36,37)(H,38,39). The molecule has 0 heterocycles. The Hall–Kier alpha value is -2.62. The first-order valence-corrected chi connectivity index (χ1v) is 14.9. The van der Waals surface area contributed by atoms with Crippen molar-refractivity contribution in [1.29, 1.82) is 0 Å². The van der Waals surface area contributed by atoms with Crippen molar-refractivity contribution in [1.82, 2.24) is 0 Å². The van der Waals surface area contributed by atoms with Crippen molar-refractivity contribution in [2.75, 3.05) is 0 Å². The third-order valence-corrected chi connectivity index (χ3v) is 11.0. The second-order valence-corrected chi connectivity index (χ2v) is 13.9. The minimum atomic E-state index is -1.85. The Kier molecular flexibility index (Phi) is 8.36. The first-order chi connectivity index (χ1) is 18.3. The molecular formula is C35H48O4. The molecule has 2 aromatic carbocycles. The van der Waals surface area contributed by atoms with Crippen LogP contribution in [0.2, 0.25) is 0 Å². The summed E-state index contributed by atoms with van der Waals surface area (Å²) in [7, 11) is 0. The van der Waals surface area contributed by atoms with Gasteiger partial charge in [-0.15, -0.1) is 0 Å². The molecule has 6 atom stereocenters. The van der Waals surface area contributed by atoms with Crippen molar-refractivity contribution in [3.05, 3.63) is 71.8 Å². The molecule has 39 heavy (non-hydrogen) atoms. The first-order valence-electron chi connectivity index (χ1n) is 14.9. The molecular weight excluding hydrogens is 484 g/mol. The highest BCUT2D eigenvalue weighted by Gasteiger charge is 2.65. The Balaban J connectivity index is 1.91. The molecule has 2 saturated carbocycles. The van der Waals surface area contributed by atoms with Crippen LogP contribution in [0.25, 0.3) is 0 Å². The Morgan fingerprint density at radius 2 is 0.923 bits per heavy atom. The van der Waals surface area contributed by atoms with Crippen LogP contribution in [0, 0.1) is 40.9 Å². The van der Waals surface area contributed by atoms with E-state index in [-0.39, 0.29) is 34.5 Å². The van der Waals surface area contributed by atoms with Crippen molar-refractivity contribution in [3.63, 3.8) is 0 Å². The summed E-state index contributed by atoms with van der Waals surface area (Å²) >= 11 is 0. The lowest BCUT2D eigenvalue weighted by atomic mass is 9.46. The van der Waals surface area contributed by atoms with Crippen molar-refractivity contribution in [2.24, 2.45) is 40.9 Å². The van der Waals surface area contributed by atoms with E-state index in [0.29, 0.717) is 12.8 Å². The summed E-state index contributed by atoms with van der Waals surface area (Å²) in [4.78, 5) is 27.4. The quantitative estimate of drug-likeness (QED) is 0.336. The zero-order valence-electron chi connectivity index (χ0n) is 24.7. The zero-order valence-corrected chi connectivity index (χ0v) is 24.7. The number of hydrogen-bond acceptors (Lipinski definition) is 2. The van der Waals surface area contributed by atoms with Gasteiger partial charge in [0, 0.05) is 0 Å². The minimum Gasteiger partial charge on any atom is -0.480 e. The van der Waals surface area contributed by atoms with Crippen molar-refractivity contribution < 1.29 is 19.8 Å². The summed E-state index contributed by atoms with van der Waals surface area (Å²) < 4.78 is 0. The molecule has 2 N–H and O–H groups in total. The van der Waals surface area contributed by atoms with Gasteiger partial charge in [-0.05, 0) is 83.1 Å². The Morgan fingerprint density at radius 1 is 0.590 bits per heavy atom. The summed E-state index contributed by atoms with van der Waals surface area (Å²) in [5.74, 6) is -2.74. The van der Waals surface area contributed by atoms with E-state index in [9.17, 15) is 19.8 Å². The van der Waals surface area contributed by atoms with Crippen LogP contribution in [0.4, 0.5) is 0 Å². The van der Waals surface area contributed by atoms with Crippen LogP contribution in [0.3, 0.4) is 0 Å². The van der Waals surface area contributed by atoms with Crippen molar-refractivity contribution in [3.8, 4) is 0 Å². The Morgan fingerprint density at radius 3 is 1.23 bits per heavy atom. The predicted molar refractivity (Wildman–Crippen MR) is 157 cm³/mol. The Bertz CT molecular complexity index is 1040. The molecule has 6 unspecified atom stereocenters. The number of rotatable bonds is 8. The number of aliphatic carboxylic acids is 2. The normalized spacial score (nSPS) is 28.6. The molecule has 2 aliphatic carbocycles. The van der Waals surface area contributed by atoms with Gasteiger partial charge in [0.25, 0.3) is 0 Å². The van der Waals surface area contributed by atoms with Crippen molar-refractivity contribution in [2.45, 2.75) is 90.9 Å². The molecule has 0 aliphatic heterocycles. The van der Waals surface area contributed by atoms with E-state index >= 15 is 0 Å². The molecule has 212 valence electrons. The molecule has 2 aliphatic rings. The van der Waals surface area contributed by atoms with Crippen LogP contribution in [-0.2, 0) is 20.4 Å². The van der Waals surface area contributed by atoms with Gasteiger partial charge >= 0.3 is 11.9 Å². The van der Waals surface area contributed by atoms with Crippen LogP contribution in [0.15, 0.2) is 60.7 Å². The Labute approximate surface area is 235 Å². The predicted octanol–water partition coefficient (Wildman–Crippen LogP) is 8.20. The van der Waals surface area contributed by atoms with Gasteiger partial charge in [0.15, 0.2) is 5.41 Å². The van der Waals surface area contributed by atoms with E-state index in [4.69, 9.17) is 0 Å². The SMILES string of the molecule is CC1CCC(C(C)(C)c2ccccc2)C(C(C(=O)O)(C(=O)O)C2CC(C)CCC2C(C)(C)c2ccccc2)C1. The minimum absolute atomic E-state index is 0.0546. The van der Waals surface area contributed by atoms with E-state index in [1.54, 1.807) is 0 Å². The fourth-order valence-corrected chi connectivity index (χ4v) is 8.66.